The lowest BCUT2D eigenvalue weighted by Crippen LogP contribution is -2.15. The molecular formula is C8H12N2O. The molecule has 0 saturated carbocycles. The Kier molecular flexibility index (Phi) is 2.08. The van der Waals surface area contributed by atoms with Gasteiger partial charge in [-0.25, -0.2) is 4.79 Å². The number of H-pyrrole nitrogens is 1. The van der Waals surface area contributed by atoms with Gasteiger partial charge in [-0.15, -0.1) is 0 Å². The van der Waals surface area contributed by atoms with Crippen molar-refractivity contribution in [2.75, 3.05) is 0 Å². The van der Waals surface area contributed by atoms with Crippen LogP contribution in [0.3, 0.4) is 0 Å². The van der Waals surface area contributed by atoms with Gasteiger partial charge in [-0.3, -0.25) is 0 Å². The van der Waals surface area contributed by atoms with Crippen LogP contribution in [0.15, 0.2) is 4.79 Å². The molecule has 0 fully saturated rings. The van der Waals surface area contributed by atoms with Crippen LogP contribution in [-0.2, 0) is 6.42 Å². The first-order valence-corrected chi connectivity index (χ1v) is 3.71. The van der Waals surface area contributed by atoms with Crippen LogP contribution in [0.5, 0.6) is 0 Å². The third kappa shape index (κ3) is 1.48. The molecule has 0 unspecified atom stereocenters. The number of rotatable bonds is 1. The molecule has 0 atom stereocenters. The van der Waals surface area contributed by atoms with Crippen molar-refractivity contribution in [2.24, 2.45) is 0 Å². The van der Waals surface area contributed by atoms with Gasteiger partial charge in [0.1, 0.15) is 0 Å². The predicted molar refractivity (Wildman–Crippen MR) is 43.7 cm³/mol. The van der Waals surface area contributed by atoms with Crippen molar-refractivity contribution in [1.29, 1.82) is 0 Å². The maximum absolute atomic E-state index is 10.8. The van der Waals surface area contributed by atoms with Gasteiger partial charge in [-0.2, -0.15) is 4.98 Å². The van der Waals surface area contributed by atoms with E-state index in [1.54, 1.807) is 0 Å². The SMILES string of the molecule is CCc1c(C)nc(=O)[nH]c1C. The number of hydrogen-bond acceptors (Lipinski definition) is 2. The number of hydrogen-bond donors (Lipinski definition) is 1. The Morgan fingerprint density at radius 1 is 1.45 bits per heavy atom. The Morgan fingerprint density at radius 3 is 2.55 bits per heavy atom. The molecule has 1 N–H and O–H groups in total. The highest BCUT2D eigenvalue weighted by atomic mass is 16.1. The van der Waals surface area contributed by atoms with E-state index >= 15 is 0 Å². The second kappa shape index (κ2) is 2.86. The van der Waals surface area contributed by atoms with Crippen molar-refractivity contribution in [3.05, 3.63) is 27.4 Å². The molecule has 0 amide bonds. The zero-order valence-corrected chi connectivity index (χ0v) is 7.06. The van der Waals surface area contributed by atoms with E-state index in [1.165, 1.54) is 0 Å². The smallest absolute Gasteiger partial charge is 0.310 e. The fourth-order valence-corrected chi connectivity index (χ4v) is 1.28. The summed E-state index contributed by atoms with van der Waals surface area (Å²) in [6.07, 6.45) is 0.918. The number of nitrogens with zero attached hydrogens (tertiary/aromatic N) is 1. The van der Waals surface area contributed by atoms with E-state index in [9.17, 15) is 4.79 Å². The summed E-state index contributed by atoms with van der Waals surface area (Å²) in [5, 5.41) is 0. The Bertz CT molecular complexity index is 288. The van der Waals surface area contributed by atoms with Crippen LogP contribution in [-0.4, -0.2) is 9.97 Å². The highest BCUT2D eigenvalue weighted by Gasteiger charge is 2.01. The topological polar surface area (TPSA) is 45.8 Å². The van der Waals surface area contributed by atoms with E-state index in [4.69, 9.17) is 0 Å². The van der Waals surface area contributed by atoms with Crippen LogP contribution in [0.25, 0.3) is 0 Å². The van der Waals surface area contributed by atoms with Crippen LogP contribution in [0.2, 0.25) is 0 Å². The van der Waals surface area contributed by atoms with E-state index < -0.39 is 0 Å². The van der Waals surface area contributed by atoms with E-state index in [2.05, 4.69) is 16.9 Å². The zero-order chi connectivity index (χ0) is 8.43. The van der Waals surface area contributed by atoms with Crippen LogP contribution in [0.4, 0.5) is 0 Å². The lowest BCUT2D eigenvalue weighted by Gasteiger charge is -2.03. The third-order valence-electron chi connectivity index (χ3n) is 1.81. The Hall–Kier alpha value is -1.12. The quantitative estimate of drug-likeness (QED) is 0.651. The van der Waals surface area contributed by atoms with E-state index in [0.29, 0.717) is 0 Å². The van der Waals surface area contributed by atoms with Crippen molar-refractivity contribution >= 4 is 0 Å². The summed E-state index contributed by atoms with van der Waals surface area (Å²) in [5.74, 6) is 0. The second-order valence-corrected chi connectivity index (χ2v) is 2.58. The first kappa shape index (κ1) is 7.98. The number of aromatic nitrogens is 2. The normalized spacial score (nSPS) is 10.1. The summed E-state index contributed by atoms with van der Waals surface area (Å²) in [7, 11) is 0. The van der Waals surface area contributed by atoms with Crippen LogP contribution in [0.1, 0.15) is 23.9 Å². The molecule has 0 radical (unpaired) electrons. The van der Waals surface area contributed by atoms with Crippen molar-refractivity contribution in [2.45, 2.75) is 27.2 Å². The van der Waals surface area contributed by atoms with Gasteiger partial charge in [0.2, 0.25) is 0 Å². The summed E-state index contributed by atoms with van der Waals surface area (Å²) < 4.78 is 0. The first-order chi connectivity index (χ1) is 5.15. The average molecular weight is 152 g/mol. The molecule has 0 spiro atoms. The lowest BCUT2D eigenvalue weighted by molar-refractivity contribution is 0.917. The lowest BCUT2D eigenvalue weighted by atomic mass is 10.1. The maximum atomic E-state index is 10.8. The number of nitrogens with one attached hydrogen (secondary N) is 1. The molecule has 1 aromatic heterocycles. The highest BCUT2D eigenvalue weighted by molar-refractivity contribution is 5.21. The summed E-state index contributed by atoms with van der Waals surface area (Å²) in [4.78, 5) is 17.3. The van der Waals surface area contributed by atoms with E-state index in [1.807, 2.05) is 13.8 Å². The number of aryl methyl sites for hydroxylation is 2. The minimum atomic E-state index is -0.253. The number of aromatic amines is 1. The molecule has 11 heavy (non-hydrogen) atoms. The van der Waals surface area contributed by atoms with Crippen molar-refractivity contribution in [3.63, 3.8) is 0 Å². The molecule has 0 aliphatic carbocycles. The Morgan fingerprint density at radius 2 is 2.09 bits per heavy atom. The van der Waals surface area contributed by atoms with Crippen LogP contribution in [0, 0.1) is 13.8 Å². The molecule has 3 nitrogen and oxygen atoms in total. The monoisotopic (exact) mass is 152 g/mol. The van der Waals surface area contributed by atoms with Gasteiger partial charge in [-0.1, -0.05) is 6.92 Å². The molecule has 60 valence electrons. The molecular weight excluding hydrogens is 140 g/mol. The van der Waals surface area contributed by atoms with Gasteiger partial charge in [0.15, 0.2) is 0 Å². The molecule has 0 aliphatic rings. The average Bonchev–Trinajstić information content (AvgIpc) is 1.85. The van der Waals surface area contributed by atoms with Crippen molar-refractivity contribution in [1.82, 2.24) is 9.97 Å². The summed E-state index contributed by atoms with van der Waals surface area (Å²) in [6.45, 7) is 5.81. The summed E-state index contributed by atoms with van der Waals surface area (Å²) >= 11 is 0. The largest absolute Gasteiger partial charge is 0.345 e. The van der Waals surface area contributed by atoms with Crippen LogP contribution >= 0.6 is 0 Å². The fraction of sp³-hybridized carbons (Fsp3) is 0.500. The zero-order valence-electron chi connectivity index (χ0n) is 7.06. The standard InChI is InChI=1S/C8H12N2O/c1-4-7-5(2)9-8(11)10-6(7)3/h4H2,1-3H3,(H,9,10,11). The van der Waals surface area contributed by atoms with Gasteiger partial charge in [0, 0.05) is 11.4 Å². The minimum absolute atomic E-state index is 0.253. The molecule has 0 aromatic carbocycles. The van der Waals surface area contributed by atoms with Gasteiger partial charge in [0.25, 0.3) is 0 Å². The van der Waals surface area contributed by atoms with Gasteiger partial charge < -0.3 is 4.98 Å². The van der Waals surface area contributed by atoms with Gasteiger partial charge >= 0.3 is 5.69 Å². The van der Waals surface area contributed by atoms with Crippen molar-refractivity contribution in [3.8, 4) is 0 Å². The molecule has 0 bridgehead atoms. The van der Waals surface area contributed by atoms with Gasteiger partial charge in [-0.05, 0) is 25.8 Å². The maximum Gasteiger partial charge on any atom is 0.345 e. The highest BCUT2D eigenvalue weighted by Crippen LogP contribution is 2.05. The molecule has 3 heteroatoms. The molecule has 0 aliphatic heterocycles. The minimum Gasteiger partial charge on any atom is -0.310 e. The predicted octanol–water partition coefficient (Wildman–Crippen LogP) is 0.949. The summed E-state index contributed by atoms with van der Waals surface area (Å²) in [6, 6.07) is 0. The third-order valence-corrected chi connectivity index (χ3v) is 1.81. The second-order valence-electron chi connectivity index (χ2n) is 2.58. The molecule has 0 saturated heterocycles. The van der Waals surface area contributed by atoms with Crippen molar-refractivity contribution < 1.29 is 0 Å². The fourth-order valence-electron chi connectivity index (χ4n) is 1.28. The van der Waals surface area contributed by atoms with E-state index in [0.717, 1.165) is 23.4 Å². The Balaban J connectivity index is 3.36. The summed E-state index contributed by atoms with van der Waals surface area (Å²) in [5.41, 5.74) is 2.67. The molecule has 1 aromatic rings. The van der Waals surface area contributed by atoms with Gasteiger partial charge in [0.05, 0.1) is 0 Å². The van der Waals surface area contributed by atoms with Crippen LogP contribution < -0.4 is 5.69 Å². The molecule has 1 heterocycles. The first-order valence-electron chi connectivity index (χ1n) is 3.71. The molecule has 1 rings (SSSR count). The Labute approximate surface area is 65.5 Å². The van der Waals surface area contributed by atoms with E-state index in [-0.39, 0.29) is 5.69 Å².